The predicted octanol–water partition coefficient (Wildman–Crippen LogP) is 2.64. The van der Waals surface area contributed by atoms with Crippen LogP contribution in [0.4, 0.5) is 0 Å². The van der Waals surface area contributed by atoms with Crippen molar-refractivity contribution in [3.05, 3.63) is 0 Å². The van der Waals surface area contributed by atoms with Crippen molar-refractivity contribution in [2.24, 2.45) is 17.1 Å². The lowest BCUT2D eigenvalue weighted by Gasteiger charge is -2.45. The van der Waals surface area contributed by atoms with Crippen molar-refractivity contribution >= 4 is 0 Å². The molecular formula is C16H32N2O. The maximum absolute atomic E-state index is 6.38. The van der Waals surface area contributed by atoms with Crippen LogP contribution in [-0.4, -0.2) is 42.8 Å². The summed E-state index contributed by atoms with van der Waals surface area (Å²) in [4.78, 5) is 2.64. The van der Waals surface area contributed by atoms with Crippen molar-refractivity contribution in [3.63, 3.8) is 0 Å². The average Bonchev–Trinajstić information content (AvgIpc) is 2.34. The molecule has 1 aliphatic heterocycles. The van der Waals surface area contributed by atoms with Crippen LogP contribution in [0, 0.1) is 11.3 Å². The standard InChI is InChI=1S/C16H32N2O/c1-5-14-11-19-12(2)9-18(14)10-13-8-16(3,4)7-6-15(13)17/h12-15H,5-11,17H2,1-4H3. The molecule has 2 aliphatic rings. The first-order valence-electron chi connectivity index (χ1n) is 8.02. The molecule has 4 unspecified atom stereocenters. The molecule has 2 rings (SSSR count). The van der Waals surface area contributed by atoms with Gasteiger partial charge in [-0.05, 0) is 43.9 Å². The van der Waals surface area contributed by atoms with Gasteiger partial charge in [-0.3, -0.25) is 4.90 Å². The number of ether oxygens (including phenoxy) is 1. The van der Waals surface area contributed by atoms with Gasteiger partial charge in [-0.25, -0.2) is 0 Å². The molecule has 2 fully saturated rings. The largest absolute Gasteiger partial charge is 0.376 e. The summed E-state index contributed by atoms with van der Waals surface area (Å²) in [5.41, 5.74) is 6.85. The number of nitrogens with two attached hydrogens (primary N) is 1. The van der Waals surface area contributed by atoms with Crippen molar-refractivity contribution in [2.45, 2.75) is 71.6 Å². The smallest absolute Gasteiger partial charge is 0.0674 e. The molecule has 112 valence electrons. The average molecular weight is 268 g/mol. The Balaban J connectivity index is 1.97. The van der Waals surface area contributed by atoms with E-state index in [0.29, 0.717) is 29.5 Å². The Morgan fingerprint density at radius 2 is 2.11 bits per heavy atom. The van der Waals surface area contributed by atoms with Crippen molar-refractivity contribution in [1.82, 2.24) is 4.90 Å². The van der Waals surface area contributed by atoms with Gasteiger partial charge in [-0.1, -0.05) is 20.8 Å². The summed E-state index contributed by atoms with van der Waals surface area (Å²) in [7, 11) is 0. The molecule has 0 aromatic heterocycles. The van der Waals surface area contributed by atoms with Gasteiger partial charge in [0.2, 0.25) is 0 Å². The topological polar surface area (TPSA) is 38.5 Å². The summed E-state index contributed by atoms with van der Waals surface area (Å²) in [6.07, 6.45) is 5.29. The lowest BCUT2D eigenvalue weighted by molar-refractivity contribution is -0.0655. The summed E-state index contributed by atoms with van der Waals surface area (Å²) in [5, 5.41) is 0. The molecule has 4 atom stereocenters. The normalized spacial score (nSPS) is 40.3. The monoisotopic (exact) mass is 268 g/mol. The highest BCUT2D eigenvalue weighted by Crippen LogP contribution is 2.38. The van der Waals surface area contributed by atoms with Crippen LogP contribution >= 0.6 is 0 Å². The molecule has 0 spiro atoms. The van der Waals surface area contributed by atoms with E-state index in [1.165, 1.54) is 25.7 Å². The first-order valence-corrected chi connectivity index (χ1v) is 8.02. The van der Waals surface area contributed by atoms with Crippen LogP contribution in [0.1, 0.15) is 53.4 Å². The summed E-state index contributed by atoms with van der Waals surface area (Å²) in [6.45, 7) is 12.4. The predicted molar refractivity (Wildman–Crippen MR) is 80.2 cm³/mol. The SMILES string of the molecule is CCC1COC(C)CN1CC1CC(C)(C)CCC1N. The van der Waals surface area contributed by atoms with Crippen LogP contribution in [0.3, 0.4) is 0 Å². The molecular weight excluding hydrogens is 236 g/mol. The Kier molecular flexibility index (Phi) is 4.91. The fourth-order valence-corrected chi connectivity index (χ4v) is 3.77. The number of rotatable bonds is 3. The Morgan fingerprint density at radius 3 is 2.79 bits per heavy atom. The minimum absolute atomic E-state index is 0.371. The zero-order chi connectivity index (χ0) is 14.0. The number of morpholine rings is 1. The Labute approximate surface area is 118 Å². The molecule has 1 aliphatic carbocycles. The van der Waals surface area contributed by atoms with E-state index in [1.54, 1.807) is 0 Å². The van der Waals surface area contributed by atoms with Crippen LogP contribution in [0.25, 0.3) is 0 Å². The van der Waals surface area contributed by atoms with Gasteiger partial charge < -0.3 is 10.5 Å². The van der Waals surface area contributed by atoms with Crippen molar-refractivity contribution < 1.29 is 4.74 Å². The van der Waals surface area contributed by atoms with E-state index in [2.05, 4.69) is 32.6 Å². The van der Waals surface area contributed by atoms with Gasteiger partial charge in [0, 0.05) is 25.2 Å². The van der Waals surface area contributed by atoms with Gasteiger partial charge in [-0.2, -0.15) is 0 Å². The first-order chi connectivity index (χ1) is 8.91. The van der Waals surface area contributed by atoms with E-state index in [1.807, 2.05) is 0 Å². The fourth-order valence-electron chi connectivity index (χ4n) is 3.77. The van der Waals surface area contributed by atoms with Crippen LogP contribution in [-0.2, 0) is 4.74 Å². The second-order valence-corrected chi connectivity index (χ2v) is 7.49. The maximum atomic E-state index is 6.38. The van der Waals surface area contributed by atoms with Gasteiger partial charge in [-0.15, -0.1) is 0 Å². The van der Waals surface area contributed by atoms with E-state index in [9.17, 15) is 0 Å². The van der Waals surface area contributed by atoms with Gasteiger partial charge in [0.1, 0.15) is 0 Å². The number of hydrogen-bond donors (Lipinski definition) is 1. The van der Waals surface area contributed by atoms with Crippen LogP contribution in [0.2, 0.25) is 0 Å². The summed E-state index contributed by atoms with van der Waals surface area (Å²) in [6, 6.07) is 0.983. The maximum Gasteiger partial charge on any atom is 0.0674 e. The van der Waals surface area contributed by atoms with E-state index >= 15 is 0 Å². The van der Waals surface area contributed by atoms with Crippen molar-refractivity contribution in [2.75, 3.05) is 19.7 Å². The lowest BCUT2D eigenvalue weighted by atomic mass is 9.70. The molecule has 0 aromatic rings. The highest BCUT2D eigenvalue weighted by atomic mass is 16.5. The quantitative estimate of drug-likeness (QED) is 0.855. The molecule has 1 saturated heterocycles. The number of nitrogens with zero attached hydrogens (tertiary/aromatic N) is 1. The van der Waals surface area contributed by atoms with Crippen molar-refractivity contribution in [3.8, 4) is 0 Å². The fraction of sp³-hybridized carbons (Fsp3) is 1.00. The summed E-state index contributed by atoms with van der Waals surface area (Å²) >= 11 is 0. The van der Waals surface area contributed by atoms with E-state index in [0.717, 1.165) is 19.7 Å². The lowest BCUT2D eigenvalue weighted by Crippen LogP contribution is -2.53. The van der Waals surface area contributed by atoms with Gasteiger partial charge >= 0.3 is 0 Å². The third kappa shape index (κ3) is 3.93. The highest BCUT2D eigenvalue weighted by molar-refractivity contribution is 4.90. The van der Waals surface area contributed by atoms with Gasteiger partial charge in [0.25, 0.3) is 0 Å². The molecule has 3 nitrogen and oxygen atoms in total. The molecule has 0 bridgehead atoms. The van der Waals surface area contributed by atoms with Crippen LogP contribution in [0.15, 0.2) is 0 Å². The second kappa shape index (κ2) is 6.11. The van der Waals surface area contributed by atoms with Gasteiger partial charge in [0.05, 0.1) is 12.7 Å². The van der Waals surface area contributed by atoms with Gasteiger partial charge in [0.15, 0.2) is 0 Å². The molecule has 0 radical (unpaired) electrons. The first kappa shape index (κ1) is 15.3. The molecule has 1 saturated carbocycles. The van der Waals surface area contributed by atoms with E-state index in [-0.39, 0.29) is 0 Å². The second-order valence-electron chi connectivity index (χ2n) is 7.49. The molecule has 19 heavy (non-hydrogen) atoms. The molecule has 3 heteroatoms. The Morgan fingerprint density at radius 1 is 1.37 bits per heavy atom. The Bertz CT molecular complexity index is 292. The minimum atomic E-state index is 0.371. The highest BCUT2D eigenvalue weighted by Gasteiger charge is 2.36. The van der Waals surface area contributed by atoms with Crippen LogP contribution in [0.5, 0.6) is 0 Å². The van der Waals surface area contributed by atoms with Crippen LogP contribution < -0.4 is 5.73 Å². The van der Waals surface area contributed by atoms with E-state index in [4.69, 9.17) is 10.5 Å². The summed E-state index contributed by atoms with van der Waals surface area (Å²) < 4.78 is 5.80. The zero-order valence-corrected chi connectivity index (χ0v) is 13.2. The molecule has 1 heterocycles. The van der Waals surface area contributed by atoms with E-state index < -0.39 is 0 Å². The molecule has 2 N–H and O–H groups in total. The Hall–Kier alpha value is -0.120. The molecule has 0 amide bonds. The zero-order valence-electron chi connectivity index (χ0n) is 13.2. The third-order valence-corrected chi connectivity index (χ3v) is 5.10. The molecule has 0 aromatic carbocycles. The third-order valence-electron chi connectivity index (χ3n) is 5.10. The van der Waals surface area contributed by atoms with Crippen molar-refractivity contribution in [1.29, 1.82) is 0 Å². The summed E-state index contributed by atoms with van der Waals surface area (Å²) in [5.74, 6) is 0.656. The minimum Gasteiger partial charge on any atom is -0.376 e. The number of hydrogen-bond acceptors (Lipinski definition) is 3.